The molecule has 2 aromatic carbocycles. The van der Waals surface area contributed by atoms with E-state index in [-0.39, 0.29) is 23.5 Å². The summed E-state index contributed by atoms with van der Waals surface area (Å²) in [5, 5.41) is 8.94. The van der Waals surface area contributed by atoms with Gasteiger partial charge in [0, 0.05) is 17.1 Å². The molecule has 1 N–H and O–H groups in total. The largest absolute Gasteiger partial charge is 0.348 e. The number of sulfone groups is 1. The van der Waals surface area contributed by atoms with Crippen molar-refractivity contribution in [1.29, 1.82) is 0 Å². The fraction of sp³-hybridized carbons (Fsp3) is 0.296. The van der Waals surface area contributed by atoms with Crippen LogP contribution in [0.2, 0.25) is 5.02 Å². The third-order valence-corrected chi connectivity index (χ3v) is 8.66. The maximum absolute atomic E-state index is 13.5. The van der Waals surface area contributed by atoms with Crippen molar-refractivity contribution < 1.29 is 13.2 Å². The van der Waals surface area contributed by atoms with Gasteiger partial charge >= 0.3 is 0 Å². The van der Waals surface area contributed by atoms with Crippen molar-refractivity contribution in [2.24, 2.45) is 0 Å². The summed E-state index contributed by atoms with van der Waals surface area (Å²) in [4.78, 5) is 18.4. The SMILES string of the molecule is CCc1ccc(-c2cc(C(=O)NCc3ccc(Cl)cc3)c3c(C)nn(C4CCS(=O)(=O)C4)c3n2)cc1. The number of hydrogen-bond acceptors (Lipinski definition) is 5. The zero-order chi connectivity index (χ0) is 25.4. The summed E-state index contributed by atoms with van der Waals surface area (Å²) in [6.45, 7) is 4.27. The molecule has 0 bridgehead atoms. The molecule has 1 aliphatic rings. The molecule has 1 aliphatic heterocycles. The van der Waals surface area contributed by atoms with Crippen LogP contribution < -0.4 is 5.32 Å². The molecule has 7 nitrogen and oxygen atoms in total. The van der Waals surface area contributed by atoms with Gasteiger partial charge in [-0.1, -0.05) is 54.9 Å². The van der Waals surface area contributed by atoms with Crippen LogP contribution in [0.15, 0.2) is 54.6 Å². The van der Waals surface area contributed by atoms with Crippen LogP contribution in [-0.4, -0.2) is 40.6 Å². The summed E-state index contributed by atoms with van der Waals surface area (Å²) in [6.07, 6.45) is 1.40. The van der Waals surface area contributed by atoms with Gasteiger partial charge in [-0.05, 0) is 49.1 Å². The van der Waals surface area contributed by atoms with E-state index >= 15 is 0 Å². The molecular weight excluding hydrogens is 496 g/mol. The Hall–Kier alpha value is -3.23. The van der Waals surface area contributed by atoms with Crippen LogP contribution in [0.1, 0.15) is 46.6 Å². The van der Waals surface area contributed by atoms with Gasteiger partial charge in [0.05, 0.1) is 39.9 Å². The first-order valence-corrected chi connectivity index (χ1v) is 14.2. The first-order chi connectivity index (χ1) is 17.2. The van der Waals surface area contributed by atoms with E-state index in [1.165, 1.54) is 5.56 Å². The number of aromatic nitrogens is 3. The highest BCUT2D eigenvalue weighted by atomic mass is 35.5. The van der Waals surface area contributed by atoms with Gasteiger partial charge in [-0.3, -0.25) is 4.79 Å². The van der Waals surface area contributed by atoms with Crippen LogP contribution in [0.3, 0.4) is 0 Å². The number of pyridine rings is 1. The molecule has 0 aliphatic carbocycles. The van der Waals surface area contributed by atoms with E-state index in [1.54, 1.807) is 22.9 Å². The van der Waals surface area contributed by atoms with Crippen molar-refractivity contribution in [2.75, 3.05) is 11.5 Å². The lowest BCUT2D eigenvalue weighted by Crippen LogP contribution is -2.23. The number of halogens is 1. The number of rotatable bonds is 6. The van der Waals surface area contributed by atoms with Gasteiger partial charge < -0.3 is 5.32 Å². The summed E-state index contributed by atoms with van der Waals surface area (Å²) in [5.74, 6) is -0.0891. The van der Waals surface area contributed by atoms with Crippen molar-refractivity contribution in [1.82, 2.24) is 20.1 Å². The highest BCUT2D eigenvalue weighted by molar-refractivity contribution is 7.91. The summed E-state index contributed by atoms with van der Waals surface area (Å²) < 4.78 is 26.1. The highest BCUT2D eigenvalue weighted by Gasteiger charge is 2.32. The lowest BCUT2D eigenvalue weighted by atomic mass is 10.0. The van der Waals surface area contributed by atoms with Crippen molar-refractivity contribution in [3.63, 3.8) is 0 Å². The first-order valence-electron chi connectivity index (χ1n) is 12.0. The minimum absolute atomic E-state index is 0.0262. The average Bonchev–Trinajstić information content (AvgIpc) is 3.41. The van der Waals surface area contributed by atoms with Gasteiger partial charge in [0.25, 0.3) is 5.91 Å². The van der Waals surface area contributed by atoms with E-state index < -0.39 is 9.84 Å². The van der Waals surface area contributed by atoms with Crippen LogP contribution >= 0.6 is 11.6 Å². The van der Waals surface area contributed by atoms with E-state index in [1.807, 2.05) is 43.3 Å². The second kappa shape index (κ2) is 9.67. The van der Waals surface area contributed by atoms with Gasteiger partial charge in [-0.2, -0.15) is 5.10 Å². The number of fused-ring (bicyclic) bond motifs is 1. The number of hydrogen-bond donors (Lipinski definition) is 1. The molecule has 1 unspecified atom stereocenters. The highest BCUT2D eigenvalue weighted by Crippen LogP contribution is 2.32. The van der Waals surface area contributed by atoms with Gasteiger partial charge in [0.1, 0.15) is 0 Å². The number of benzene rings is 2. The predicted molar refractivity (Wildman–Crippen MR) is 142 cm³/mol. The van der Waals surface area contributed by atoms with Crippen molar-refractivity contribution in [3.8, 4) is 11.3 Å². The van der Waals surface area contributed by atoms with Crippen molar-refractivity contribution in [3.05, 3.63) is 82.0 Å². The molecular formula is C27H27ClN4O3S. The minimum Gasteiger partial charge on any atom is -0.348 e. The average molecular weight is 523 g/mol. The molecule has 0 spiro atoms. The Morgan fingerprint density at radius 1 is 1.11 bits per heavy atom. The first kappa shape index (κ1) is 24.5. The molecule has 1 saturated heterocycles. The summed E-state index contributed by atoms with van der Waals surface area (Å²) in [6, 6.07) is 16.9. The number of amides is 1. The van der Waals surface area contributed by atoms with E-state index in [2.05, 4.69) is 17.3 Å². The molecule has 1 atom stereocenters. The third-order valence-electron chi connectivity index (χ3n) is 6.66. The fourth-order valence-electron chi connectivity index (χ4n) is 4.65. The Morgan fingerprint density at radius 3 is 2.44 bits per heavy atom. The lowest BCUT2D eigenvalue weighted by molar-refractivity contribution is 0.0952. The van der Waals surface area contributed by atoms with Crippen LogP contribution in [0.25, 0.3) is 22.3 Å². The Balaban J connectivity index is 1.59. The van der Waals surface area contributed by atoms with E-state index in [9.17, 15) is 13.2 Å². The lowest BCUT2D eigenvalue weighted by Gasteiger charge is -2.13. The van der Waals surface area contributed by atoms with Crippen LogP contribution in [0.4, 0.5) is 0 Å². The smallest absolute Gasteiger partial charge is 0.252 e. The molecule has 2 aromatic heterocycles. The maximum Gasteiger partial charge on any atom is 0.252 e. The molecule has 36 heavy (non-hydrogen) atoms. The molecule has 3 heterocycles. The van der Waals surface area contributed by atoms with E-state index in [0.717, 1.165) is 17.5 Å². The quantitative estimate of drug-likeness (QED) is 0.388. The number of carbonyl (C=O) groups is 1. The van der Waals surface area contributed by atoms with Crippen LogP contribution in [-0.2, 0) is 22.8 Å². The second-order valence-electron chi connectivity index (χ2n) is 9.20. The standard InChI is InChI=1S/C27H27ClN4O3S/c1-3-18-4-8-20(9-5-18)24-14-23(27(33)29-15-19-6-10-21(28)11-7-19)25-17(2)31-32(26(25)30-24)22-12-13-36(34,35)16-22/h4-11,14,22H,3,12-13,15-16H2,1-2H3,(H,29,33). The van der Waals surface area contributed by atoms with Gasteiger partial charge in [0.2, 0.25) is 0 Å². The number of nitrogens with zero attached hydrogens (tertiary/aromatic N) is 3. The number of aryl methyl sites for hydroxylation is 2. The molecule has 0 radical (unpaired) electrons. The zero-order valence-corrected chi connectivity index (χ0v) is 21.7. The Labute approximate surface area is 215 Å². The van der Waals surface area contributed by atoms with Gasteiger partial charge in [-0.15, -0.1) is 0 Å². The number of carbonyl (C=O) groups excluding carboxylic acids is 1. The predicted octanol–water partition coefficient (Wildman–Crippen LogP) is 4.91. The molecule has 0 saturated carbocycles. The van der Waals surface area contributed by atoms with Crippen molar-refractivity contribution in [2.45, 2.75) is 39.3 Å². The summed E-state index contributed by atoms with van der Waals surface area (Å²) >= 11 is 5.98. The van der Waals surface area contributed by atoms with Gasteiger partial charge in [-0.25, -0.2) is 18.1 Å². The molecule has 1 fully saturated rings. The van der Waals surface area contributed by atoms with Crippen LogP contribution in [0, 0.1) is 6.92 Å². The van der Waals surface area contributed by atoms with Crippen molar-refractivity contribution >= 4 is 38.4 Å². The summed E-state index contributed by atoms with van der Waals surface area (Å²) in [7, 11) is -3.12. The van der Waals surface area contributed by atoms with Crippen LogP contribution in [0.5, 0.6) is 0 Å². The second-order valence-corrected chi connectivity index (χ2v) is 11.9. The molecule has 9 heteroatoms. The molecule has 5 rings (SSSR count). The maximum atomic E-state index is 13.5. The Morgan fingerprint density at radius 2 is 1.81 bits per heavy atom. The Kier molecular flexibility index (Phi) is 6.57. The molecule has 186 valence electrons. The third kappa shape index (κ3) is 4.88. The van der Waals surface area contributed by atoms with Gasteiger partial charge in [0.15, 0.2) is 15.5 Å². The number of nitrogens with one attached hydrogen (secondary N) is 1. The Bertz CT molecular complexity index is 1540. The molecule has 4 aromatic rings. The summed E-state index contributed by atoms with van der Waals surface area (Å²) in [5.41, 5.74) is 5.30. The van der Waals surface area contributed by atoms with E-state index in [0.29, 0.717) is 46.0 Å². The normalized spacial score (nSPS) is 16.9. The minimum atomic E-state index is -3.12. The fourth-order valence-corrected chi connectivity index (χ4v) is 6.47. The monoisotopic (exact) mass is 522 g/mol. The zero-order valence-electron chi connectivity index (χ0n) is 20.2. The van der Waals surface area contributed by atoms with E-state index in [4.69, 9.17) is 16.6 Å². The topological polar surface area (TPSA) is 94.0 Å². The molecule has 1 amide bonds.